The fraction of sp³-hybridized carbons (Fsp3) is 0.125. The SMILES string of the molecule is O=C(NCCc1ccc(C(=O)NO)cc1)Nc1cccc2nsnc12. The van der Waals surface area contributed by atoms with Crippen molar-refractivity contribution >= 4 is 40.4 Å². The number of benzene rings is 2. The van der Waals surface area contributed by atoms with Gasteiger partial charge in [0.05, 0.1) is 17.4 Å². The predicted molar refractivity (Wildman–Crippen MR) is 93.8 cm³/mol. The highest BCUT2D eigenvalue weighted by Gasteiger charge is 2.08. The van der Waals surface area contributed by atoms with Gasteiger partial charge in [-0.1, -0.05) is 18.2 Å². The second-order valence-corrected chi connectivity index (χ2v) is 5.73. The third-order valence-electron chi connectivity index (χ3n) is 3.55. The van der Waals surface area contributed by atoms with Gasteiger partial charge < -0.3 is 10.6 Å². The minimum Gasteiger partial charge on any atom is -0.338 e. The third-order valence-corrected chi connectivity index (χ3v) is 4.09. The van der Waals surface area contributed by atoms with Crippen LogP contribution in [0.1, 0.15) is 15.9 Å². The normalized spacial score (nSPS) is 10.4. The topological polar surface area (TPSA) is 116 Å². The summed E-state index contributed by atoms with van der Waals surface area (Å²) in [7, 11) is 0. The lowest BCUT2D eigenvalue weighted by molar-refractivity contribution is 0.0706. The minimum atomic E-state index is -0.560. The molecule has 0 aliphatic carbocycles. The number of hydrogen-bond donors (Lipinski definition) is 4. The summed E-state index contributed by atoms with van der Waals surface area (Å²) in [5.41, 5.74) is 4.93. The second kappa shape index (κ2) is 7.69. The number of amides is 3. The van der Waals surface area contributed by atoms with Crippen LogP contribution in [-0.2, 0) is 6.42 Å². The van der Waals surface area contributed by atoms with Crippen LogP contribution in [0, 0.1) is 0 Å². The van der Waals surface area contributed by atoms with Gasteiger partial charge in [-0.2, -0.15) is 8.75 Å². The molecule has 25 heavy (non-hydrogen) atoms. The summed E-state index contributed by atoms with van der Waals surface area (Å²) >= 11 is 1.10. The Kier molecular flexibility index (Phi) is 5.17. The van der Waals surface area contributed by atoms with E-state index in [1.54, 1.807) is 35.8 Å². The van der Waals surface area contributed by atoms with E-state index >= 15 is 0 Å². The number of nitrogens with one attached hydrogen (secondary N) is 3. The zero-order valence-corrected chi connectivity index (χ0v) is 13.8. The summed E-state index contributed by atoms with van der Waals surface area (Å²) in [6.07, 6.45) is 0.608. The van der Waals surface area contributed by atoms with E-state index in [4.69, 9.17) is 5.21 Å². The first-order valence-corrected chi connectivity index (χ1v) is 8.20. The van der Waals surface area contributed by atoms with E-state index in [9.17, 15) is 9.59 Å². The van der Waals surface area contributed by atoms with Crippen molar-refractivity contribution in [1.82, 2.24) is 19.5 Å². The highest BCUT2D eigenvalue weighted by Crippen LogP contribution is 2.20. The molecule has 9 heteroatoms. The number of aromatic nitrogens is 2. The monoisotopic (exact) mass is 357 g/mol. The average molecular weight is 357 g/mol. The van der Waals surface area contributed by atoms with Crippen LogP contribution in [0.5, 0.6) is 0 Å². The maximum absolute atomic E-state index is 12.0. The Morgan fingerprint density at radius 2 is 1.88 bits per heavy atom. The summed E-state index contributed by atoms with van der Waals surface area (Å²) in [5, 5.41) is 14.1. The molecule has 1 aromatic heterocycles. The van der Waals surface area contributed by atoms with E-state index in [0.29, 0.717) is 29.7 Å². The Bertz CT molecular complexity index is 894. The van der Waals surface area contributed by atoms with Gasteiger partial charge in [0.2, 0.25) is 0 Å². The molecular weight excluding hydrogens is 342 g/mol. The number of carbonyl (C=O) groups excluding carboxylic acids is 2. The third kappa shape index (κ3) is 4.08. The molecule has 128 valence electrons. The predicted octanol–water partition coefficient (Wildman–Crippen LogP) is 2.17. The fourth-order valence-corrected chi connectivity index (χ4v) is 2.83. The molecule has 8 nitrogen and oxygen atoms in total. The first kappa shape index (κ1) is 16.8. The quantitative estimate of drug-likeness (QED) is 0.412. The molecule has 4 N–H and O–H groups in total. The van der Waals surface area contributed by atoms with Crippen molar-refractivity contribution < 1.29 is 14.8 Å². The van der Waals surface area contributed by atoms with Crippen LogP contribution < -0.4 is 16.1 Å². The molecule has 0 spiro atoms. The standard InChI is InChI=1S/C16H15N5O3S/c22-15(19-24)11-6-4-10(5-7-11)8-9-17-16(23)18-12-2-1-3-13-14(12)21-25-20-13/h1-7,24H,8-9H2,(H,19,22)(H2,17,18,23). The largest absolute Gasteiger partial charge is 0.338 e. The van der Waals surface area contributed by atoms with E-state index < -0.39 is 5.91 Å². The number of urea groups is 1. The van der Waals surface area contributed by atoms with Crippen molar-refractivity contribution in [3.8, 4) is 0 Å². The van der Waals surface area contributed by atoms with E-state index in [1.165, 1.54) is 0 Å². The first-order valence-electron chi connectivity index (χ1n) is 7.47. The molecule has 1 heterocycles. The van der Waals surface area contributed by atoms with Crippen molar-refractivity contribution in [2.45, 2.75) is 6.42 Å². The van der Waals surface area contributed by atoms with Crippen LogP contribution >= 0.6 is 11.7 Å². The number of anilines is 1. The van der Waals surface area contributed by atoms with Gasteiger partial charge in [0, 0.05) is 12.1 Å². The van der Waals surface area contributed by atoms with Crippen molar-refractivity contribution in [3.05, 3.63) is 53.6 Å². The first-order chi connectivity index (χ1) is 12.2. The Labute approximate surface area is 147 Å². The fourth-order valence-electron chi connectivity index (χ4n) is 2.28. The lowest BCUT2D eigenvalue weighted by Gasteiger charge is -2.08. The molecular formula is C16H15N5O3S. The van der Waals surface area contributed by atoms with Gasteiger partial charge in [-0.25, -0.2) is 10.3 Å². The number of rotatable bonds is 5. The van der Waals surface area contributed by atoms with Crippen molar-refractivity contribution in [2.75, 3.05) is 11.9 Å². The minimum absolute atomic E-state index is 0.322. The molecule has 2 aromatic carbocycles. The van der Waals surface area contributed by atoms with Crippen molar-refractivity contribution in [1.29, 1.82) is 0 Å². The zero-order chi connectivity index (χ0) is 17.6. The van der Waals surface area contributed by atoms with Crippen LogP contribution in [0.15, 0.2) is 42.5 Å². The van der Waals surface area contributed by atoms with Crippen LogP contribution in [0.25, 0.3) is 11.0 Å². The molecule has 0 saturated carbocycles. The molecule has 0 bridgehead atoms. The Balaban J connectivity index is 1.51. The number of carbonyl (C=O) groups is 2. The Morgan fingerprint density at radius 1 is 1.08 bits per heavy atom. The average Bonchev–Trinajstić information content (AvgIpc) is 3.11. The maximum Gasteiger partial charge on any atom is 0.319 e. The molecule has 3 amide bonds. The second-order valence-electron chi connectivity index (χ2n) is 5.21. The van der Waals surface area contributed by atoms with E-state index in [1.807, 2.05) is 12.1 Å². The van der Waals surface area contributed by atoms with Crippen molar-refractivity contribution in [3.63, 3.8) is 0 Å². The van der Waals surface area contributed by atoms with Gasteiger partial charge in [0.15, 0.2) is 0 Å². The van der Waals surface area contributed by atoms with E-state index in [2.05, 4.69) is 19.4 Å². The summed E-state index contributed by atoms with van der Waals surface area (Å²) in [5.74, 6) is -0.560. The van der Waals surface area contributed by atoms with Gasteiger partial charge in [0.25, 0.3) is 5.91 Å². The van der Waals surface area contributed by atoms with Gasteiger partial charge in [0.1, 0.15) is 11.0 Å². The van der Waals surface area contributed by atoms with Crippen molar-refractivity contribution in [2.24, 2.45) is 0 Å². The number of hydroxylamine groups is 1. The summed E-state index contributed by atoms with van der Waals surface area (Å²) < 4.78 is 8.30. The maximum atomic E-state index is 12.0. The lowest BCUT2D eigenvalue weighted by atomic mass is 10.1. The molecule has 0 aliphatic heterocycles. The molecule has 3 rings (SSSR count). The summed E-state index contributed by atoms with van der Waals surface area (Å²) in [4.78, 5) is 23.2. The smallest absolute Gasteiger partial charge is 0.319 e. The van der Waals surface area contributed by atoms with Gasteiger partial charge in [-0.15, -0.1) is 0 Å². The molecule has 0 saturated heterocycles. The van der Waals surface area contributed by atoms with Crippen LogP contribution in [0.2, 0.25) is 0 Å². The highest BCUT2D eigenvalue weighted by atomic mass is 32.1. The van der Waals surface area contributed by atoms with E-state index in [0.717, 1.165) is 22.8 Å². The molecule has 0 fully saturated rings. The van der Waals surface area contributed by atoms with Crippen LogP contribution in [0.3, 0.4) is 0 Å². The molecule has 0 unspecified atom stereocenters. The van der Waals surface area contributed by atoms with Gasteiger partial charge in [-0.3, -0.25) is 10.0 Å². The van der Waals surface area contributed by atoms with Crippen LogP contribution in [-0.4, -0.2) is 32.4 Å². The highest BCUT2D eigenvalue weighted by molar-refractivity contribution is 7.00. The zero-order valence-electron chi connectivity index (χ0n) is 13.0. The lowest BCUT2D eigenvalue weighted by Crippen LogP contribution is -2.30. The molecule has 3 aromatic rings. The van der Waals surface area contributed by atoms with E-state index in [-0.39, 0.29) is 6.03 Å². The van der Waals surface area contributed by atoms with Crippen LogP contribution in [0.4, 0.5) is 10.5 Å². The molecule has 0 atom stereocenters. The number of nitrogens with zero attached hydrogens (tertiary/aromatic N) is 2. The van der Waals surface area contributed by atoms with Gasteiger partial charge >= 0.3 is 6.03 Å². The number of fused-ring (bicyclic) bond motifs is 1. The number of hydrogen-bond acceptors (Lipinski definition) is 6. The molecule has 0 aliphatic rings. The van der Waals surface area contributed by atoms with Gasteiger partial charge in [-0.05, 0) is 36.2 Å². The molecule has 0 radical (unpaired) electrons. The Hall–Kier alpha value is -3.04. The summed E-state index contributed by atoms with van der Waals surface area (Å²) in [6.45, 7) is 0.433. The summed E-state index contributed by atoms with van der Waals surface area (Å²) in [6, 6.07) is 11.8. The Morgan fingerprint density at radius 3 is 2.64 bits per heavy atom.